The summed E-state index contributed by atoms with van der Waals surface area (Å²) in [4.78, 5) is 0. The van der Waals surface area contributed by atoms with Gasteiger partial charge in [0.25, 0.3) is 0 Å². The summed E-state index contributed by atoms with van der Waals surface area (Å²) in [5.74, 6) is 0.207. The van der Waals surface area contributed by atoms with Crippen LogP contribution in [0.1, 0.15) is 33.1 Å². The predicted molar refractivity (Wildman–Crippen MR) is 71.5 cm³/mol. The molecule has 0 radical (unpaired) electrons. The maximum absolute atomic E-state index is 12.3. The van der Waals surface area contributed by atoms with Gasteiger partial charge in [-0.15, -0.1) is 6.58 Å². The summed E-state index contributed by atoms with van der Waals surface area (Å²) in [5, 5.41) is 3.28. The molecule has 0 spiro atoms. The molecule has 0 aromatic rings. The van der Waals surface area contributed by atoms with E-state index < -0.39 is 10.0 Å². The zero-order chi connectivity index (χ0) is 12.9. The van der Waals surface area contributed by atoms with Crippen LogP contribution in [0.25, 0.3) is 0 Å². The second-order valence-electron chi connectivity index (χ2n) is 4.88. The Kier molecular flexibility index (Phi) is 5.62. The summed E-state index contributed by atoms with van der Waals surface area (Å²) in [7, 11) is -3.18. The van der Waals surface area contributed by atoms with E-state index in [-0.39, 0.29) is 17.8 Å². The van der Waals surface area contributed by atoms with Crippen molar-refractivity contribution < 1.29 is 8.42 Å². The molecule has 1 atom stereocenters. The van der Waals surface area contributed by atoms with Crippen molar-refractivity contribution in [3.63, 3.8) is 0 Å². The van der Waals surface area contributed by atoms with Crippen molar-refractivity contribution in [1.82, 2.24) is 9.62 Å². The molecular weight excluding hydrogens is 236 g/mol. The zero-order valence-electron chi connectivity index (χ0n) is 10.9. The highest BCUT2D eigenvalue weighted by Gasteiger charge is 2.27. The normalized spacial score (nSPS) is 22.0. The first-order valence-electron chi connectivity index (χ1n) is 6.31. The number of nitrogens with zero attached hydrogens (tertiary/aromatic N) is 1. The van der Waals surface area contributed by atoms with Crippen molar-refractivity contribution >= 4 is 10.0 Å². The number of sulfonamides is 1. The minimum Gasteiger partial charge on any atom is -0.313 e. The molecular formula is C12H24N2O2S. The van der Waals surface area contributed by atoms with Gasteiger partial charge in [-0.3, -0.25) is 0 Å². The molecule has 1 fully saturated rings. The van der Waals surface area contributed by atoms with E-state index in [0.717, 1.165) is 25.8 Å². The molecule has 0 aromatic carbocycles. The Balaban J connectivity index is 2.66. The third-order valence-corrected chi connectivity index (χ3v) is 5.18. The quantitative estimate of drug-likeness (QED) is 0.734. The van der Waals surface area contributed by atoms with Gasteiger partial charge in [0.05, 0.1) is 5.75 Å². The van der Waals surface area contributed by atoms with Gasteiger partial charge in [0.15, 0.2) is 0 Å². The lowest BCUT2D eigenvalue weighted by atomic mass is 10.1. The first-order valence-corrected chi connectivity index (χ1v) is 7.92. The second-order valence-corrected chi connectivity index (χ2v) is 6.84. The zero-order valence-corrected chi connectivity index (χ0v) is 11.7. The van der Waals surface area contributed by atoms with Crippen LogP contribution in [0.2, 0.25) is 0 Å². The van der Waals surface area contributed by atoms with Crippen LogP contribution in [-0.2, 0) is 10.0 Å². The number of nitrogens with one attached hydrogen (secondary N) is 1. The van der Waals surface area contributed by atoms with Crippen LogP contribution < -0.4 is 5.32 Å². The molecule has 5 heteroatoms. The molecule has 100 valence electrons. The van der Waals surface area contributed by atoms with Gasteiger partial charge < -0.3 is 5.32 Å². The number of hydrogen-bond donors (Lipinski definition) is 1. The van der Waals surface area contributed by atoms with Gasteiger partial charge in [-0.2, -0.15) is 4.31 Å². The highest BCUT2D eigenvalue weighted by molar-refractivity contribution is 7.89. The van der Waals surface area contributed by atoms with Gasteiger partial charge in [0, 0.05) is 18.6 Å². The fourth-order valence-corrected chi connectivity index (χ4v) is 4.15. The van der Waals surface area contributed by atoms with Crippen molar-refractivity contribution in [2.24, 2.45) is 0 Å². The van der Waals surface area contributed by atoms with Crippen molar-refractivity contribution in [3.8, 4) is 0 Å². The molecule has 17 heavy (non-hydrogen) atoms. The molecule has 0 amide bonds. The summed E-state index contributed by atoms with van der Waals surface area (Å²) >= 11 is 0. The van der Waals surface area contributed by atoms with E-state index in [1.54, 1.807) is 6.08 Å². The van der Waals surface area contributed by atoms with Crippen LogP contribution in [0, 0.1) is 0 Å². The molecule has 1 aliphatic heterocycles. The standard InChI is InChI=1S/C12H24N2O2S/c1-4-9-14(11(2)3)17(15,16)10-12-7-5-6-8-13-12/h4,11-13H,1,5-10H2,2-3H3. The molecule has 0 aliphatic carbocycles. The molecule has 1 saturated heterocycles. The number of piperidine rings is 1. The highest BCUT2D eigenvalue weighted by atomic mass is 32.2. The van der Waals surface area contributed by atoms with Gasteiger partial charge in [-0.05, 0) is 33.2 Å². The van der Waals surface area contributed by atoms with E-state index in [9.17, 15) is 8.42 Å². The second kappa shape index (κ2) is 6.52. The van der Waals surface area contributed by atoms with Crippen molar-refractivity contribution in [1.29, 1.82) is 0 Å². The average molecular weight is 260 g/mol. The fraction of sp³-hybridized carbons (Fsp3) is 0.833. The van der Waals surface area contributed by atoms with Crippen molar-refractivity contribution in [3.05, 3.63) is 12.7 Å². The minimum absolute atomic E-state index is 0.0124. The summed E-state index contributed by atoms with van der Waals surface area (Å²) in [5.41, 5.74) is 0. The van der Waals surface area contributed by atoms with E-state index in [4.69, 9.17) is 0 Å². The largest absolute Gasteiger partial charge is 0.313 e. The van der Waals surface area contributed by atoms with Gasteiger partial charge in [-0.1, -0.05) is 12.5 Å². The maximum Gasteiger partial charge on any atom is 0.216 e. The van der Waals surface area contributed by atoms with Gasteiger partial charge in [-0.25, -0.2) is 8.42 Å². The fourth-order valence-electron chi connectivity index (χ4n) is 2.19. The van der Waals surface area contributed by atoms with Crippen LogP contribution in [-0.4, -0.2) is 43.6 Å². The first kappa shape index (κ1) is 14.7. The van der Waals surface area contributed by atoms with Gasteiger partial charge >= 0.3 is 0 Å². The Hall–Kier alpha value is -0.390. The Morgan fingerprint density at radius 3 is 2.65 bits per heavy atom. The summed E-state index contributed by atoms with van der Waals surface area (Å²) < 4.78 is 26.1. The van der Waals surface area contributed by atoms with Crippen LogP contribution in [0.15, 0.2) is 12.7 Å². The monoisotopic (exact) mass is 260 g/mol. The summed E-state index contributed by atoms with van der Waals surface area (Å²) in [6.45, 7) is 8.75. The smallest absolute Gasteiger partial charge is 0.216 e. The third-order valence-electron chi connectivity index (χ3n) is 3.07. The van der Waals surface area contributed by atoms with Crippen molar-refractivity contribution in [2.45, 2.75) is 45.2 Å². The van der Waals surface area contributed by atoms with Crippen molar-refractivity contribution in [2.75, 3.05) is 18.8 Å². The molecule has 0 bridgehead atoms. The Labute approximate surface area is 105 Å². The number of rotatable bonds is 6. The average Bonchev–Trinajstić information content (AvgIpc) is 2.26. The third kappa shape index (κ3) is 4.41. The molecule has 1 unspecified atom stereocenters. The Morgan fingerprint density at radius 2 is 2.18 bits per heavy atom. The van der Waals surface area contributed by atoms with E-state index in [1.165, 1.54) is 4.31 Å². The molecule has 0 aromatic heterocycles. The van der Waals surface area contributed by atoms with E-state index in [1.807, 2.05) is 13.8 Å². The molecule has 1 heterocycles. The Morgan fingerprint density at radius 1 is 1.47 bits per heavy atom. The molecule has 1 aliphatic rings. The van der Waals surface area contributed by atoms with Crippen LogP contribution in [0.3, 0.4) is 0 Å². The topological polar surface area (TPSA) is 49.4 Å². The summed E-state index contributed by atoms with van der Waals surface area (Å²) in [6.07, 6.45) is 4.87. The Bertz CT molecular complexity index is 332. The lowest BCUT2D eigenvalue weighted by molar-refractivity contribution is 0.369. The van der Waals surface area contributed by atoms with Gasteiger partial charge in [0.1, 0.15) is 0 Å². The molecule has 4 nitrogen and oxygen atoms in total. The maximum atomic E-state index is 12.3. The highest BCUT2D eigenvalue weighted by Crippen LogP contribution is 2.14. The molecule has 0 saturated carbocycles. The lowest BCUT2D eigenvalue weighted by Crippen LogP contribution is -2.46. The van der Waals surface area contributed by atoms with Gasteiger partial charge in [0.2, 0.25) is 10.0 Å². The SMILES string of the molecule is C=CCN(C(C)C)S(=O)(=O)CC1CCCCN1. The van der Waals surface area contributed by atoms with E-state index >= 15 is 0 Å². The summed E-state index contributed by atoms with van der Waals surface area (Å²) in [6, 6.07) is 0.0985. The molecule has 1 N–H and O–H groups in total. The first-order chi connectivity index (χ1) is 7.97. The molecule has 1 rings (SSSR count). The minimum atomic E-state index is -3.18. The lowest BCUT2D eigenvalue weighted by Gasteiger charge is -2.29. The van der Waals surface area contributed by atoms with E-state index in [0.29, 0.717) is 6.54 Å². The van der Waals surface area contributed by atoms with E-state index in [2.05, 4.69) is 11.9 Å². The van der Waals surface area contributed by atoms with Crippen LogP contribution >= 0.6 is 0 Å². The van der Waals surface area contributed by atoms with Crippen LogP contribution in [0.5, 0.6) is 0 Å². The van der Waals surface area contributed by atoms with Crippen LogP contribution in [0.4, 0.5) is 0 Å². The number of hydrogen-bond acceptors (Lipinski definition) is 3. The predicted octanol–water partition coefficient (Wildman–Crippen LogP) is 1.35.